The summed E-state index contributed by atoms with van der Waals surface area (Å²) in [5, 5.41) is 8.97. The van der Waals surface area contributed by atoms with Crippen LogP contribution in [0.4, 0.5) is 5.69 Å². The number of halogens is 1. The van der Waals surface area contributed by atoms with Crippen LogP contribution in [0.5, 0.6) is 0 Å². The van der Waals surface area contributed by atoms with Crippen LogP contribution in [0, 0.1) is 17.8 Å². The smallest absolute Gasteiger partial charge is 0.337 e. The standard InChI is InChI=1S/C15H14ClNO4/c1-7-4-10-11(5-7)14(19)17(13(10)18)8-2-3-9(15(20)21)12(16)6-8/h2-3,6-7,10-11H,4-5H2,1H3,(H,20,21). The van der Waals surface area contributed by atoms with Crippen molar-refractivity contribution in [3.8, 4) is 0 Å². The molecule has 2 aliphatic rings. The Hall–Kier alpha value is -1.88. The summed E-state index contributed by atoms with van der Waals surface area (Å²) in [6, 6.07) is 4.14. The molecule has 0 radical (unpaired) electrons. The lowest BCUT2D eigenvalue weighted by molar-refractivity contribution is -0.123. The molecule has 3 rings (SSSR count). The molecular weight excluding hydrogens is 294 g/mol. The molecule has 0 spiro atoms. The fraction of sp³-hybridized carbons (Fsp3) is 0.400. The van der Waals surface area contributed by atoms with Gasteiger partial charge in [0.2, 0.25) is 11.8 Å². The molecule has 0 bridgehead atoms. The molecule has 1 N–H and O–H groups in total. The summed E-state index contributed by atoms with van der Waals surface area (Å²) in [6.07, 6.45) is 1.46. The molecule has 2 amide bonds. The Balaban J connectivity index is 1.95. The van der Waals surface area contributed by atoms with E-state index >= 15 is 0 Å². The van der Waals surface area contributed by atoms with Crippen molar-refractivity contribution >= 4 is 35.1 Å². The lowest BCUT2D eigenvalue weighted by Crippen LogP contribution is -2.32. The molecule has 1 aromatic rings. The van der Waals surface area contributed by atoms with Crippen LogP contribution in [0.2, 0.25) is 5.02 Å². The first-order chi connectivity index (χ1) is 9.90. The minimum Gasteiger partial charge on any atom is -0.478 e. The molecule has 0 aromatic heterocycles. The Morgan fingerprint density at radius 1 is 1.24 bits per heavy atom. The summed E-state index contributed by atoms with van der Waals surface area (Å²) >= 11 is 5.91. The summed E-state index contributed by atoms with van der Waals surface area (Å²) in [4.78, 5) is 36.9. The number of carbonyl (C=O) groups excluding carboxylic acids is 2. The maximum Gasteiger partial charge on any atom is 0.337 e. The molecule has 1 heterocycles. The zero-order valence-corrected chi connectivity index (χ0v) is 12.1. The van der Waals surface area contributed by atoms with E-state index in [9.17, 15) is 14.4 Å². The summed E-state index contributed by atoms with van der Waals surface area (Å²) in [6.45, 7) is 2.04. The van der Waals surface area contributed by atoms with Crippen LogP contribution in [0.3, 0.4) is 0 Å². The van der Waals surface area contributed by atoms with Crippen molar-refractivity contribution < 1.29 is 19.5 Å². The highest BCUT2D eigenvalue weighted by atomic mass is 35.5. The van der Waals surface area contributed by atoms with Crippen molar-refractivity contribution in [1.82, 2.24) is 0 Å². The van der Waals surface area contributed by atoms with Gasteiger partial charge in [-0.25, -0.2) is 4.79 Å². The maximum absolute atomic E-state index is 12.4. The number of carbonyl (C=O) groups is 3. The van der Waals surface area contributed by atoms with Crippen molar-refractivity contribution in [1.29, 1.82) is 0 Å². The highest BCUT2D eigenvalue weighted by Gasteiger charge is 2.52. The number of nitrogens with zero attached hydrogens (tertiary/aromatic N) is 1. The quantitative estimate of drug-likeness (QED) is 0.852. The van der Waals surface area contributed by atoms with Crippen molar-refractivity contribution in [2.24, 2.45) is 17.8 Å². The minimum absolute atomic E-state index is 0.0195. The van der Waals surface area contributed by atoms with Gasteiger partial charge in [-0.05, 0) is 37.0 Å². The van der Waals surface area contributed by atoms with Crippen LogP contribution in [-0.4, -0.2) is 22.9 Å². The second-order valence-corrected chi connectivity index (χ2v) is 6.18. The third kappa shape index (κ3) is 2.12. The van der Waals surface area contributed by atoms with Crippen molar-refractivity contribution in [2.45, 2.75) is 19.8 Å². The number of benzene rings is 1. The van der Waals surface area contributed by atoms with Gasteiger partial charge in [-0.1, -0.05) is 18.5 Å². The number of fused-ring (bicyclic) bond motifs is 1. The van der Waals surface area contributed by atoms with Gasteiger partial charge < -0.3 is 5.11 Å². The van der Waals surface area contributed by atoms with Gasteiger partial charge in [-0.3, -0.25) is 14.5 Å². The summed E-state index contributed by atoms with van der Waals surface area (Å²) in [5.41, 5.74) is 0.301. The lowest BCUT2D eigenvalue weighted by atomic mass is 10.00. The van der Waals surface area contributed by atoms with Crippen molar-refractivity contribution in [2.75, 3.05) is 4.90 Å². The highest BCUT2D eigenvalue weighted by Crippen LogP contribution is 2.44. The average molecular weight is 308 g/mol. The van der Waals surface area contributed by atoms with Gasteiger partial charge in [0.15, 0.2) is 0 Å². The lowest BCUT2D eigenvalue weighted by Gasteiger charge is -2.17. The molecule has 1 saturated carbocycles. The van der Waals surface area contributed by atoms with E-state index in [0.29, 0.717) is 11.6 Å². The molecule has 5 nitrogen and oxygen atoms in total. The van der Waals surface area contributed by atoms with Gasteiger partial charge >= 0.3 is 5.97 Å². The summed E-state index contributed by atoms with van der Waals surface area (Å²) in [7, 11) is 0. The fourth-order valence-corrected chi connectivity index (χ4v) is 3.60. The van der Waals surface area contributed by atoms with Crippen LogP contribution in [0.15, 0.2) is 18.2 Å². The van der Waals surface area contributed by atoms with Crippen LogP contribution < -0.4 is 4.90 Å². The Kier molecular flexibility index (Phi) is 3.24. The van der Waals surface area contributed by atoms with Crippen molar-refractivity contribution in [3.05, 3.63) is 28.8 Å². The number of hydrogen-bond acceptors (Lipinski definition) is 3. The van der Waals surface area contributed by atoms with Gasteiger partial charge in [-0.2, -0.15) is 0 Å². The van der Waals surface area contributed by atoms with E-state index < -0.39 is 5.97 Å². The molecule has 2 atom stereocenters. The van der Waals surface area contributed by atoms with E-state index in [4.69, 9.17) is 16.7 Å². The molecule has 1 saturated heterocycles. The second-order valence-electron chi connectivity index (χ2n) is 5.77. The predicted molar refractivity (Wildman–Crippen MR) is 76.3 cm³/mol. The Bertz CT molecular complexity index is 633. The van der Waals surface area contributed by atoms with Crippen molar-refractivity contribution in [3.63, 3.8) is 0 Å². The molecule has 6 heteroatoms. The van der Waals surface area contributed by atoms with E-state index in [1.165, 1.54) is 18.2 Å². The molecule has 1 aromatic carbocycles. The number of carboxylic acids is 1. The highest BCUT2D eigenvalue weighted by molar-refractivity contribution is 6.34. The average Bonchev–Trinajstić information content (AvgIpc) is 2.89. The zero-order chi connectivity index (χ0) is 15.3. The van der Waals surface area contributed by atoms with Crippen LogP contribution in [0.1, 0.15) is 30.1 Å². The van der Waals surface area contributed by atoms with Gasteiger partial charge in [0.25, 0.3) is 0 Å². The number of anilines is 1. The molecule has 21 heavy (non-hydrogen) atoms. The largest absolute Gasteiger partial charge is 0.478 e. The van der Waals surface area contributed by atoms with Crippen LogP contribution >= 0.6 is 11.6 Å². The van der Waals surface area contributed by atoms with Gasteiger partial charge in [0, 0.05) is 0 Å². The van der Waals surface area contributed by atoms with E-state index in [-0.39, 0.29) is 34.2 Å². The number of imide groups is 1. The Morgan fingerprint density at radius 3 is 2.29 bits per heavy atom. The van der Waals surface area contributed by atoms with Gasteiger partial charge in [0.1, 0.15) is 0 Å². The van der Waals surface area contributed by atoms with E-state index in [1.807, 2.05) is 6.92 Å². The van der Waals surface area contributed by atoms with Crippen LogP contribution in [-0.2, 0) is 9.59 Å². The fourth-order valence-electron chi connectivity index (χ4n) is 3.35. The number of aromatic carboxylic acids is 1. The number of carboxylic acid groups (broad SMARTS) is 1. The zero-order valence-electron chi connectivity index (χ0n) is 11.4. The third-order valence-corrected chi connectivity index (χ3v) is 4.63. The SMILES string of the molecule is CC1CC2C(=O)N(c3ccc(C(=O)O)c(Cl)c3)C(=O)C2C1. The normalized spacial score (nSPS) is 28.1. The molecular formula is C15H14ClNO4. The van der Waals surface area contributed by atoms with E-state index in [2.05, 4.69) is 0 Å². The van der Waals surface area contributed by atoms with E-state index in [0.717, 1.165) is 17.7 Å². The topological polar surface area (TPSA) is 74.7 Å². The summed E-state index contributed by atoms with van der Waals surface area (Å²) < 4.78 is 0. The van der Waals surface area contributed by atoms with Gasteiger partial charge in [-0.15, -0.1) is 0 Å². The number of hydrogen-bond donors (Lipinski definition) is 1. The molecule has 110 valence electrons. The van der Waals surface area contributed by atoms with E-state index in [1.54, 1.807) is 0 Å². The number of rotatable bonds is 2. The first-order valence-electron chi connectivity index (χ1n) is 6.80. The first-order valence-corrected chi connectivity index (χ1v) is 7.18. The third-order valence-electron chi connectivity index (χ3n) is 4.31. The first kappa shape index (κ1) is 14.1. The molecule has 2 fully saturated rings. The Morgan fingerprint density at radius 2 is 1.81 bits per heavy atom. The van der Waals surface area contributed by atoms with Crippen LogP contribution in [0.25, 0.3) is 0 Å². The Labute approximate surface area is 126 Å². The molecule has 1 aliphatic heterocycles. The number of amides is 2. The second kappa shape index (κ2) is 4.84. The molecule has 2 unspecified atom stereocenters. The summed E-state index contributed by atoms with van der Waals surface area (Å²) in [5.74, 6) is -1.65. The maximum atomic E-state index is 12.4. The molecule has 1 aliphatic carbocycles. The van der Waals surface area contributed by atoms with Gasteiger partial charge in [0.05, 0.1) is 28.1 Å². The predicted octanol–water partition coefficient (Wildman–Crippen LogP) is 2.57. The minimum atomic E-state index is -1.14. The monoisotopic (exact) mass is 307 g/mol.